The monoisotopic (exact) mass is 375 g/mol. The lowest BCUT2D eigenvalue weighted by atomic mass is 10.1. The van der Waals surface area contributed by atoms with Crippen molar-refractivity contribution in [2.75, 3.05) is 13.1 Å². The van der Waals surface area contributed by atoms with E-state index in [1.165, 1.54) is 0 Å². The van der Waals surface area contributed by atoms with Crippen molar-refractivity contribution in [2.24, 2.45) is 0 Å². The normalized spacial score (nSPS) is 16.4. The first-order chi connectivity index (χ1) is 13.8. The number of aromatic nitrogens is 2. The lowest BCUT2D eigenvalue weighted by molar-refractivity contribution is 0.0525. The molecule has 1 aliphatic heterocycles. The van der Waals surface area contributed by atoms with Crippen molar-refractivity contribution < 1.29 is 14.3 Å². The number of carbonyl (C=O) groups excluding carboxylic acids is 1. The first kappa shape index (κ1) is 18.0. The van der Waals surface area contributed by atoms with E-state index >= 15 is 0 Å². The fourth-order valence-corrected chi connectivity index (χ4v) is 3.21. The van der Waals surface area contributed by atoms with E-state index in [4.69, 9.17) is 9.47 Å². The Bertz CT molecular complexity index is 901. The molecule has 1 amide bonds. The Morgan fingerprint density at radius 1 is 0.964 bits per heavy atom. The Morgan fingerprint density at radius 3 is 2.50 bits per heavy atom. The van der Waals surface area contributed by atoms with Crippen LogP contribution >= 0.6 is 0 Å². The van der Waals surface area contributed by atoms with Crippen molar-refractivity contribution in [1.82, 2.24) is 15.1 Å². The number of amides is 1. The Balaban J connectivity index is 1.38. The topological polar surface area (TPSA) is 64.5 Å². The van der Waals surface area contributed by atoms with E-state index in [1.54, 1.807) is 30.5 Å². The number of carbonyl (C=O) groups is 1. The van der Waals surface area contributed by atoms with Crippen LogP contribution in [0.1, 0.15) is 23.2 Å². The highest BCUT2D eigenvalue weighted by atomic mass is 16.5. The number of para-hydroxylation sites is 1. The first-order valence-corrected chi connectivity index (χ1v) is 9.34. The smallest absolute Gasteiger partial charge is 0.253 e. The third-order valence-corrected chi connectivity index (χ3v) is 4.58. The molecule has 2 aromatic carbocycles. The number of ether oxygens (including phenoxy) is 2. The molecule has 6 nitrogen and oxygen atoms in total. The Kier molecular flexibility index (Phi) is 5.47. The summed E-state index contributed by atoms with van der Waals surface area (Å²) in [6.07, 6.45) is 3.32. The molecule has 6 heteroatoms. The summed E-state index contributed by atoms with van der Waals surface area (Å²) in [4.78, 5) is 14.7. The fourth-order valence-electron chi connectivity index (χ4n) is 3.21. The van der Waals surface area contributed by atoms with E-state index in [-0.39, 0.29) is 12.0 Å². The van der Waals surface area contributed by atoms with Crippen LogP contribution in [0.3, 0.4) is 0 Å². The number of piperidine rings is 1. The van der Waals surface area contributed by atoms with Gasteiger partial charge in [0.2, 0.25) is 5.88 Å². The van der Waals surface area contributed by atoms with Gasteiger partial charge in [0, 0.05) is 24.4 Å². The first-order valence-electron chi connectivity index (χ1n) is 9.34. The molecule has 28 heavy (non-hydrogen) atoms. The van der Waals surface area contributed by atoms with Crippen LogP contribution in [-0.4, -0.2) is 40.2 Å². The highest BCUT2D eigenvalue weighted by Crippen LogP contribution is 2.23. The summed E-state index contributed by atoms with van der Waals surface area (Å²) in [5.74, 6) is 1.95. The molecule has 3 aromatic rings. The molecule has 0 spiro atoms. The summed E-state index contributed by atoms with van der Waals surface area (Å²) in [7, 11) is 0. The number of hydrogen-bond donors (Lipinski definition) is 0. The Hall–Kier alpha value is -3.41. The van der Waals surface area contributed by atoms with Crippen molar-refractivity contribution >= 4 is 5.91 Å². The highest BCUT2D eigenvalue weighted by Gasteiger charge is 2.26. The summed E-state index contributed by atoms with van der Waals surface area (Å²) in [6, 6.07) is 20.4. The van der Waals surface area contributed by atoms with Gasteiger partial charge in [0.15, 0.2) is 0 Å². The van der Waals surface area contributed by atoms with Gasteiger partial charge in [0.25, 0.3) is 5.91 Å². The summed E-state index contributed by atoms with van der Waals surface area (Å²) in [5, 5.41) is 7.78. The predicted molar refractivity (Wildman–Crippen MR) is 105 cm³/mol. The van der Waals surface area contributed by atoms with Crippen LogP contribution in [0.5, 0.6) is 17.4 Å². The Morgan fingerprint density at radius 2 is 1.75 bits per heavy atom. The highest BCUT2D eigenvalue weighted by molar-refractivity contribution is 5.94. The Labute approximate surface area is 163 Å². The summed E-state index contributed by atoms with van der Waals surface area (Å²) in [6.45, 7) is 1.26. The average molecular weight is 375 g/mol. The third kappa shape index (κ3) is 4.46. The predicted octanol–water partition coefficient (Wildman–Crippen LogP) is 3.95. The van der Waals surface area contributed by atoms with Gasteiger partial charge >= 0.3 is 0 Å². The summed E-state index contributed by atoms with van der Waals surface area (Å²) >= 11 is 0. The number of benzene rings is 2. The van der Waals surface area contributed by atoms with E-state index in [2.05, 4.69) is 10.2 Å². The van der Waals surface area contributed by atoms with Gasteiger partial charge in [-0.15, -0.1) is 5.10 Å². The molecule has 2 heterocycles. The van der Waals surface area contributed by atoms with E-state index in [1.807, 2.05) is 47.4 Å². The summed E-state index contributed by atoms with van der Waals surface area (Å²) in [5.41, 5.74) is 0.639. The van der Waals surface area contributed by atoms with Gasteiger partial charge in [-0.25, -0.2) is 0 Å². The molecule has 1 aromatic heterocycles. The molecule has 0 bridgehead atoms. The molecule has 1 unspecified atom stereocenters. The maximum Gasteiger partial charge on any atom is 0.253 e. The van der Waals surface area contributed by atoms with Crippen LogP contribution in [-0.2, 0) is 0 Å². The van der Waals surface area contributed by atoms with Gasteiger partial charge in [-0.05, 0) is 55.3 Å². The zero-order valence-corrected chi connectivity index (χ0v) is 15.4. The molecule has 142 valence electrons. The minimum atomic E-state index is -0.0740. The van der Waals surface area contributed by atoms with E-state index in [0.717, 1.165) is 25.1 Å². The quantitative estimate of drug-likeness (QED) is 0.676. The number of rotatable bonds is 5. The van der Waals surface area contributed by atoms with Crippen LogP contribution < -0.4 is 9.47 Å². The van der Waals surface area contributed by atoms with E-state index < -0.39 is 0 Å². The van der Waals surface area contributed by atoms with Crippen molar-refractivity contribution in [3.63, 3.8) is 0 Å². The average Bonchev–Trinajstić information content (AvgIpc) is 2.75. The lowest BCUT2D eigenvalue weighted by Gasteiger charge is -2.32. The second kappa shape index (κ2) is 8.52. The molecule has 0 saturated carbocycles. The standard InChI is InChI=1S/C22H21N3O3/c26-22(17-10-12-19(13-11-17)27-18-6-2-1-3-7-18)25-15-5-8-20(16-25)28-21-9-4-14-23-24-21/h1-4,6-7,9-14,20H,5,8,15-16H2. The van der Waals surface area contributed by atoms with Gasteiger partial charge < -0.3 is 14.4 Å². The van der Waals surface area contributed by atoms with Gasteiger partial charge in [0.05, 0.1) is 6.54 Å². The van der Waals surface area contributed by atoms with Gasteiger partial charge in [-0.1, -0.05) is 18.2 Å². The number of likely N-dealkylation sites (tertiary alicyclic amines) is 1. The van der Waals surface area contributed by atoms with E-state index in [9.17, 15) is 4.79 Å². The number of nitrogens with zero attached hydrogens (tertiary/aromatic N) is 3. The second-order valence-electron chi connectivity index (χ2n) is 6.63. The van der Waals surface area contributed by atoms with Crippen LogP contribution in [0.25, 0.3) is 0 Å². The van der Waals surface area contributed by atoms with E-state index in [0.29, 0.717) is 23.7 Å². The molecule has 1 aliphatic rings. The number of hydrogen-bond acceptors (Lipinski definition) is 5. The second-order valence-corrected chi connectivity index (χ2v) is 6.63. The van der Waals surface area contributed by atoms with Gasteiger partial charge in [0.1, 0.15) is 17.6 Å². The molecule has 0 radical (unpaired) electrons. The SMILES string of the molecule is O=C(c1ccc(Oc2ccccc2)cc1)N1CCCC(Oc2cccnn2)C1. The maximum atomic E-state index is 12.9. The molecule has 0 N–H and O–H groups in total. The van der Waals surface area contributed by atoms with Crippen LogP contribution in [0.15, 0.2) is 72.9 Å². The minimum absolute atomic E-state index is 0.00120. The molecule has 1 saturated heterocycles. The van der Waals surface area contributed by atoms with Crippen molar-refractivity contribution in [3.8, 4) is 17.4 Å². The molecule has 1 atom stereocenters. The van der Waals surface area contributed by atoms with Crippen LogP contribution in [0, 0.1) is 0 Å². The molecule has 0 aliphatic carbocycles. The molecule has 1 fully saturated rings. The molecular formula is C22H21N3O3. The largest absolute Gasteiger partial charge is 0.471 e. The van der Waals surface area contributed by atoms with Crippen LogP contribution in [0.4, 0.5) is 0 Å². The molecular weight excluding hydrogens is 354 g/mol. The summed E-state index contributed by atoms with van der Waals surface area (Å²) < 4.78 is 11.7. The zero-order valence-electron chi connectivity index (χ0n) is 15.4. The van der Waals surface area contributed by atoms with Crippen molar-refractivity contribution in [3.05, 3.63) is 78.5 Å². The third-order valence-electron chi connectivity index (χ3n) is 4.58. The van der Waals surface area contributed by atoms with Gasteiger partial charge in [-0.2, -0.15) is 5.10 Å². The maximum absolute atomic E-state index is 12.9. The van der Waals surface area contributed by atoms with Crippen molar-refractivity contribution in [1.29, 1.82) is 0 Å². The zero-order chi connectivity index (χ0) is 19.2. The lowest BCUT2D eigenvalue weighted by Crippen LogP contribution is -2.44. The fraction of sp³-hybridized carbons (Fsp3) is 0.227. The molecule has 4 rings (SSSR count). The minimum Gasteiger partial charge on any atom is -0.471 e. The van der Waals surface area contributed by atoms with Gasteiger partial charge in [-0.3, -0.25) is 4.79 Å². The van der Waals surface area contributed by atoms with Crippen LogP contribution in [0.2, 0.25) is 0 Å². The van der Waals surface area contributed by atoms with Crippen molar-refractivity contribution in [2.45, 2.75) is 18.9 Å².